The number of nitrogens with zero attached hydrogens (tertiary/aromatic N) is 2. The van der Waals surface area contributed by atoms with Gasteiger partial charge in [0.2, 0.25) is 0 Å². The minimum atomic E-state index is -0.829. The number of hydrogen-bond acceptors (Lipinski definition) is 8. The Kier molecular flexibility index (Phi) is 7.86. The Balaban J connectivity index is 1.49. The molecule has 0 N–H and O–H groups in total. The average molecular weight is 565 g/mol. The Bertz CT molecular complexity index is 903. The number of piperidine rings is 2. The summed E-state index contributed by atoms with van der Waals surface area (Å²) in [4.78, 5) is 39.5. The van der Waals surface area contributed by atoms with Crippen molar-refractivity contribution >= 4 is 11.6 Å². The van der Waals surface area contributed by atoms with Crippen molar-refractivity contribution in [2.75, 3.05) is 13.2 Å². The zero-order valence-corrected chi connectivity index (χ0v) is 27.4. The molecule has 40 heavy (non-hydrogen) atoms. The quantitative estimate of drug-likeness (QED) is 0.376. The van der Waals surface area contributed by atoms with Crippen molar-refractivity contribution in [3.05, 3.63) is 0 Å². The molecular formula is C32H56N2O6. The van der Waals surface area contributed by atoms with Gasteiger partial charge in [0.05, 0.1) is 24.4 Å². The van der Waals surface area contributed by atoms with Gasteiger partial charge in [-0.25, -0.2) is 0 Å². The van der Waals surface area contributed by atoms with Crippen molar-refractivity contribution in [2.45, 2.75) is 179 Å². The van der Waals surface area contributed by atoms with Gasteiger partial charge in [-0.1, -0.05) is 0 Å². The Morgan fingerprint density at radius 1 is 0.575 bits per heavy atom. The summed E-state index contributed by atoms with van der Waals surface area (Å²) >= 11 is 0. The van der Waals surface area contributed by atoms with E-state index in [-0.39, 0.29) is 33.7 Å². The first-order chi connectivity index (χ1) is 18.1. The predicted molar refractivity (Wildman–Crippen MR) is 155 cm³/mol. The molecule has 4 saturated heterocycles. The molecule has 0 aromatic rings. The van der Waals surface area contributed by atoms with E-state index in [9.17, 15) is 9.59 Å². The highest BCUT2D eigenvalue weighted by molar-refractivity contribution is 5.91. The summed E-state index contributed by atoms with van der Waals surface area (Å²) in [6.07, 6.45) is 4.45. The van der Waals surface area contributed by atoms with Crippen LogP contribution in [-0.2, 0) is 28.7 Å². The molecule has 0 radical (unpaired) electrons. The van der Waals surface area contributed by atoms with Crippen LogP contribution in [0.4, 0.5) is 0 Å². The van der Waals surface area contributed by atoms with Crippen molar-refractivity contribution in [1.82, 2.24) is 10.1 Å². The lowest BCUT2D eigenvalue weighted by Gasteiger charge is -2.56. The molecule has 2 unspecified atom stereocenters. The third-order valence-corrected chi connectivity index (χ3v) is 9.74. The monoisotopic (exact) mass is 564 g/mol. The van der Waals surface area contributed by atoms with Gasteiger partial charge < -0.3 is 9.47 Å². The molecular weight excluding hydrogens is 508 g/mol. The summed E-state index contributed by atoms with van der Waals surface area (Å²) in [7, 11) is 0. The molecule has 4 rings (SSSR count). The van der Waals surface area contributed by atoms with Gasteiger partial charge in [-0.2, -0.15) is 10.1 Å². The smallest absolute Gasteiger partial charge is 0.167 e. The van der Waals surface area contributed by atoms with Gasteiger partial charge in [-0.15, -0.1) is 0 Å². The van der Waals surface area contributed by atoms with E-state index in [4.69, 9.17) is 19.1 Å². The van der Waals surface area contributed by atoms with Crippen molar-refractivity contribution in [2.24, 2.45) is 0 Å². The van der Waals surface area contributed by atoms with Crippen LogP contribution in [0.15, 0.2) is 0 Å². The van der Waals surface area contributed by atoms with Crippen LogP contribution in [0.3, 0.4) is 0 Å². The molecule has 0 amide bonds. The maximum atomic E-state index is 13.7. The molecule has 0 aromatic heterocycles. The van der Waals surface area contributed by atoms with Gasteiger partial charge >= 0.3 is 0 Å². The zero-order valence-electron chi connectivity index (χ0n) is 27.4. The maximum Gasteiger partial charge on any atom is 0.167 e. The van der Waals surface area contributed by atoms with Crippen LogP contribution in [0.5, 0.6) is 0 Å². The van der Waals surface area contributed by atoms with Gasteiger partial charge in [0, 0.05) is 60.7 Å². The number of carbonyl (C=O) groups excluding carboxylic acids is 2. The number of ketones is 2. The largest absolute Gasteiger partial charge is 0.360 e. The molecule has 4 aliphatic heterocycles. The Hall–Kier alpha value is -0.900. The summed E-state index contributed by atoms with van der Waals surface area (Å²) in [6, 6.07) is 0. The van der Waals surface area contributed by atoms with Crippen molar-refractivity contribution in [3.63, 3.8) is 0 Å². The van der Waals surface area contributed by atoms with Gasteiger partial charge in [0.1, 0.15) is 11.2 Å². The normalized spacial score (nSPS) is 36.1. The van der Waals surface area contributed by atoms with E-state index >= 15 is 0 Å². The van der Waals surface area contributed by atoms with Crippen LogP contribution in [0.2, 0.25) is 0 Å². The van der Waals surface area contributed by atoms with Gasteiger partial charge in [0.25, 0.3) is 0 Å². The number of ether oxygens (including phenoxy) is 2. The number of Topliss-reactive ketones (excluding diaryl/α,β-unsaturated/α-hetero) is 2. The first-order valence-electron chi connectivity index (χ1n) is 15.4. The van der Waals surface area contributed by atoms with Gasteiger partial charge in [-0.05, 0) is 95.9 Å². The number of rotatable bonds is 7. The van der Waals surface area contributed by atoms with E-state index < -0.39 is 22.4 Å². The fraction of sp³-hybridized carbons (Fsp3) is 0.938. The Labute approximate surface area is 242 Å². The molecule has 0 bridgehead atoms. The van der Waals surface area contributed by atoms with Crippen molar-refractivity contribution < 1.29 is 28.7 Å². The molecule has 0 aromatic carbocycles. The third-order valence-electron chi connectivity index (χ3n) is 9.74. The predicted octanol–water partition coefficient (Wildman–Crippen LogP) is 5.95. The highest BCUT2D eigenvalue weighted by Gasteiger charge is 2.65. The number of hydroxylamine groups is 4. The summed E-state index contributed by atoms with van der Waals surface area (Å²) < 4.78 is 13.7. The van der Waals surface area contributed by atoms with Crippen molar-refractivity contribution in [1.29, 1.82) is 0 Å². The minimum absolute atomic E-state index is 0.184. The molecule has 2 atom stereocenters. The number of hydrogen-bond donors (Lipinski definition) is 0. The lowest BCUT2D eigenvalue weighted by molar-refractivity contribution is -0.308. The van der Waals surface area contributed by atoms with Gasteiger partial charge in [-0.3, -0.25) is 19.3 Å². The standard InChI is InChI=1S/C32H56N2O6/c1-13-37-33-25(3,4)19-31(20-26(33,5)6)23(35)17-29(11,39-31)15-16-30(12)18-24(36)32(40-30)21-27(7,8)34(38-14-2)28(9,10)22-32/h13-22H2,1-12H3. The van der Waals surface area contributed by atoms with E-state index in [2.05, 4.69) is 79.4 Å². The third kappa shape index (κ3) is 5.46. The van der Waals surface area contributed by atoms with Crippen LogP contribution >= 0.6 is 0 Å². The maximum absolute atomic E-state index is 13.7. The summed E-state index contributed by atoms with van der Waals surface area (Å²) in [5.41, 5.74) is -4.27. The summed E-state index contributed by atoms with van der Waals surface area (Å²) in [5.74, 6) is 0.369. The van der Waals surface area contributed by atoms with E-state index in [1.807, 2.05) is 13.8 Å². The molecule has 4 heterocycles. The van der Waals surface area contributed by atoms with Crippen LogP contribution in [0.25, 0.3) is 0 Å². The lowest BCUT2D eigenvalue weighted by Crippen LogP contribution is -2.67. The molecule has 4 fully saturated rings. The van der Waals surface area contributed by atoms with Crippen LogP contribution < -0.4 is 0 Å². The SMILES string of the molecule is CCON1C(C)(C)CC2(CC1(C)C)OC(C)(CCC1(C)CC(=O)C3(CC(C)(C)N(OCC)C(C)(C)C3)O1)CC2=O. The average Bonchev–Trinajstić information content (AvgIpc) is 3.13. The van der Waals surface area contributed by atoms with Crippen LogP contribution in [-0.4, -0.2) is 79.5 Å². The fourth-order valence-corrected chi connectivity index (χ4v) is 9.28. The fourth-order valence-electron chi connectivity index (χ4n) is 9.28. The Morgan fingerprint density at radius 3 is 1.10 bits per heavy atom. The lowest BCUT2D eigenvalue weighted by atomic mass is 9.70. The molecule has 2 spiro atoms. The Morgan fingerprint density at radius 2 is 0.850 bits per heavy atom. The summed E-state index contributed by atoms with van der Waals surface area (Å²) in [5, 5.41) is 4.13. The highest BCUT2D eigenvalue weighted by Crippen LogP contribution is 2.55. The number of carbonyl (C=O) groups is 2. The second-order valence-electron chi connectivity index (χ2n) is 16.2. The van der Waals surface area contributed by atoms with Crippen LogP contribution in [0.1, 0.15) is 134 Å². The van der Waals surface area contributed by atoms with Gasteiger partial charge in [0.15, 0.2) is 11.6 Å². The van der Waals surface area contributed by atoms with Crippen LogP contribution in [0, 0.1) is 0 Å². The first kappa shape index (κ1) is 32.0. The minimum Gasteiger partial charge on any atom is -0.360 e. The second-order valence-corrected chi connectivity index (χ2v) is 16.2. The molecule has 0 aliphatic carbocycles. The first-order valence-corrected chi connectivity index (χ1v) is 15.4. The topological polar surface area (TPSA) is 77.5 Å². The zero-order chi connectivity index (χ0) is 30.2. The van der Waals surface area contributed by atoms with E-state index in [0.29, 0.717) is 64.6 Å². The highest BCUT2D eigenvalue weighted by atomic mass is 16.7. The molecule has 230 valence electrons. The van der Waals surface area contributed by atoms with E-state index in [1.54, 1.807) is 0 Å². The van der Waals surface area contributed by atoms with E-state index in [1.165, 1.54) is 0 Å². The molecule has 0 saturated carbocycles. The van der Waals surface area contributed by atoms with E-state index in [0.717, 1.165) is 0 Å². The molecule has 4 aliphatic rings. The summed E-state index contributed by atoms with van der Waals surface area (Å²) in [6.45, 7) is 26.4. The molecule has 8 heteroatoms. The second kappa shape index (κ2) is 9.81. The molecule has 8 nitrogen and oxygen atoms in total. The van der Waals surface area contributed by atoms with Crippen molar-refractivity contribution in [3.8, 4) is 0 Å².